The Bertz CT molecular complexity index is 848. The highest BCUT2D eigenvalue weighted by Gasteiger charge is 2.26. The van der Waals surface area contributed by atoms with Crippen LogP contribution in [0.25, 0.3) is 0 Å². The van der Waals surface area contributed by atoms with Crippen LogP contribution in [-0.4, -0.2) is 58.5 Å². The van der Waals surface area contributed by atoms with Crippen LogP contribution in [0.5, 0.6) is 5.75 Å². The highest BCUT2D eigenvalue weighted by Crippen LogP contribution is 2.22. The molecule has 1 aliphatic rings. The lowest BCUT2D eigenvalue weighted by Gasteiger charge is -2.32. The highest BCUT2D eigenvalue weighted by molar-refractivity contribution is 5.91. The van der Waals surface area contributed by atoms with E-state index in [1.54, 1.807) is 18.0 Å². The third kappa shape index (κ3) is 5.56. The van der Waals surface area contributed by atoms with Gasteiger partial charge in [0, 0.05) is 19.6 Å². The maximum Gasteiger partial charge on any atom is 0.273 e. The Hall–Kier alpha value is -2.90. The third-order valence-corrected chi connectivity index (χ3v) is 5.03. The van der Waals surface area contributed by atoms with Gasteiger partial charge in [-0.3, -0.25) is 9.59 Å². The van der Waals surface area contributed by atoms with Crippen LogP contribution in [-0.2, 0) is 11.2 Å². The maximum atomic E-state index is 12.8. The molecule has 156 valence electrons. The zero-order valence-corrected chi connectivity index (χ0v) is 17.3. The average molecular weight is 399 g/mol. The van der Waals surface area contributed by atoms with Crippen LogP contribution in [0, 0.1) is 5.92 Å². The number of benzene rings is 1. The molecule has 3 rings (SSSR count). The lowest BCUT2D eigenvalue weighted by Crippen LogP contribution is -2.41. The van der Waals surface area contributed by atoms with Crippen LogP contribution in [0.2, 0.25) is 0 Å². The van der Waals surface area contributed by atoms with Gasteiger partial charge in [-0.25, -0.2) is 4.68 Å². The summed E-state index contributed by atoms with van der Waals surface area (Å²) in [5.41, 5.74) is 1.24. The van der Waals surface area contributed by atoms with Crippen molar-refractivity contribution in [2.45, 2.75) is 39.2 Å². The van der Waals surface area contributed by atoms with Gasteiger partial charge in [0.2, 0.25) is 5.91 Å². The molecule has 2 amide bonds. The fraction of sp³-hybridized carbons (Fsp3) is 0.524. The van der Waals surface area contributed by atoms with E-state index in [1.807, 2.05) is 43.0 Å². The second kappa shape index (κ2) is 9.54. The van der Waals surface area contributed by atoms with E-state index in [4.69, 9.17) is 4.74 Å². The number of methoxy groups -OCH3 is 1. The molecule has 0 aliphatic carbocycles. The number of ether oxygens (including phenoxy) is 1. The summed E-state index contributed by atoms with van der Waals surface area (Å²) in [7, 11) is 1.62. The van der Waals surface area contributed by atoms with Crippen molar-refractivity contribution in [1.82, 2.24) is 25.2 Å². The van der Waals surface area contributed by atoms with Crippen molar-refractivity contribution < 1.29 is 14.3 Å². The monoisotopic (exact) mass is 399 g/mol. The summed E-state index contributed by atoms with van der Waals surface area (Å²) in [4.78, 5) is 26.8. The number of nitrogens with zero attached hydrogens (tertiary/aromatic N) is 4. The molecular weight excluding hydrogens is 370 g/mol. The topological polar surface area (TPSA) is 89.4 Å². The van der Waals surface area contributed by atoms with Gasteiger partial charge in [0.15, 0.2) is 5.69 Å². The minimum atomic E-state index is -0.216. The van der Waals surface area contributed by atoms with Gasteiger partial charge in [0.1, 0.15) is 5.75 Å². The van der Waals surface area contributed by atoms with Crippen molar-refractivity contribution in [3.05, 3.63) is 41.7 Å². The largest absolute Gasteiger partial charge is 0.497 e. The van der Waals surface area contributed by atoms with Crippen LogP contribution in [0.1, 0.15) is 48.8 Å². The Labute approximate surface area is 171 Å². The smallest absolute Gasteiger partial charge is 0.273 e. The van der Waals surface area contributed by atoms with E-state index in [1.165, 1.54) is 0 Å². The number of rotatable bonds is 7. The molecule has 0 unspecified atom stereocenters. The molecule has 1 atom stereocenters. The molecule has 1 aliphatic heterocycles. The van der Waals surface area contributed by atoms with Crippen LogP contribution in [0.4, 0.5) is 0 Å². The molecule has 8 nitrogen and oxygen atoms in total. The highest BCUT2D eigenvalue weighted by atomic mass is 16.5. The van der Waals surface area contributed by atoms with E-state index < -0.39 is 0 Å². The number of likely N-dealkylation sites (tertiary alicyclic amines) is 1. The van der Waals surface area contributed by atoms with E-state index in [-0.39, 0.29) is 17.9 Å². The van der Waals surface area contributed by atoms with Crippen molar-refractivity contribution in [1.29, 1.82) is 0 Å². The Kier molecular flexibility index (Phi) is 6.85. The maximum absolute atomic E-state index is 12.8. The number of carbonyl (C=O) groups is 2. The Morgan fingerprint density at radius 3 is 2.93 bits per heavy atom. The van der Waals surface area contributed by atoms with Gasteiger partial charge in [-0.05, 0) is 36.5 Å². The van der Waals surface area contributed by atoms with Gasteiger partial charge in [0.25, 0.3) is 5.91 Å². The average Bonchev–Trinajstić information content (AvgIpc) is 3.22. The van der Waals surface area contributed by atoms with Gasteiger partial charge in [-0.15, -0.1) is 5.10 Å². The molecule has 1 fully saturated rings. The number of piperidine rings is 1. The molecule has 1 saturated heterocycles. The first-order chi connectivity index (χ1) is 14.0. The first-order valence-corrected chi connectivity index (χ1v) is 10.1. The molecule has 0 saturated carbocycles. The minimum Gasteiger partial charge on any atom is -0.497 e. The fourth-order valence-corrected chi connectivity index (χ4v) is 3.41. The molecule has 2 heterocycles. The Balaban J connectivity index is 1.60. The molecule has 0 radical (unpaired) electrons. The van der Waals surface area contributed by atoms with Gasteiger partial charge in [-0.1, -0.05) is 31.2 Å². The van der Waals surface area contributed by atoms with Crippen molar-refractivity contribution in [2.75, 3.05) is 26.7 Å². The molecule has 29 heavy (non-hydrogen) atoms. The zero-order chi connectivity index (χ0) is 20.8. The van der Waals surface area contributed by atoms with Crippen LogP contribution >= 0.6 is 0 Å². The van der Waals surface area contributed by atoms with Crippen LogP contribution in [0.15, 0.2) is 30.5 Å². The van der Waals surface area contributed by atoms with Crippen LogP contribution in [0.3, 0.4) is 0 Å². The molecule has 1 aromatic carbocycles. The van der Waals surface area contributed by atoms with Gasteiger partial charge in [-0.2, -0.15) is 0 Å². The lowest BCUT2D eigenvalue weighted by molar-refractivity contribution is -0.132. The normalized spacial score (nSPS) is 16.7. The number of hydrogen-bond donors (Lipinski definition) is 1. The third-order valence-electron chi connectivity index (χ3n) is 5.03. The zero-order valence-electron chi connectivity index (χ0n) is 17.3. The molecule has 0 bridgehead atoms. The first kappa shape index (κ1) is 20.8. The number of nitrogens with one attached hydrogen (secondary N) is 1. The van der Waals surface area contributed by atoms with Crippen molar-refractivity contribution in [3.63, 3.8) is 0 Å². The first-order valence-electron chi connectivity index (χ1n) is 10.1. The van der Waals surface area contributed by atoms with E-state index >= 15 is 0 Å². The summed E-state index contributed by atoms with van der Waals surface area (Å²) in [6.45, 7) is 5.98. The fourth-order valence-electron chi connectivity index (χ4n) is 3.41. The number of carbonyl (C=O) groups excluding carboxylic acids is 2. The van der Waals surface area contributed by atoms with Gasteiger partial charge in [0.05, 0.1) is 25.8 Å². The molecule has 2 aromatic rings. The van der Waals surface area contributed by atoms with E-state index in [2.05, 4.69) is 15.6 Å². The number of amides is 2. The van der Waals surface area contributed by atoms with Crippen molar-refractivity contribution in [2.24, 2.45) is 5.92 Å². The summed E-state index contributed by atoms with van der Waals surface area (Å²) in [5.74, 6) is 0.985. The summed E-state index contributed by atoms with van der Waals surface area (Å²) in [5, 5.41) is 11.0. The second-order valence-electron chi connectivity index (χ2n) is 7.85. The van der Waals surface area contributed by atoms with Crippen molar-refractivity contribution in [3.8, 4) is 5.75 Å². The standard InChI is InChI=1S/C21H29N5O3/c1-15(2)12-22-21(28)19-14-26(24-23-19)17-7-5-9-25(13-17)20(27)11-16-6-4-8-18(10-16)29-3/h4,6,8,10,14-15,17H,5,7,9,11-13H2,1-3H3,(H,22,28)/t17-/m1/s1. The Morgan fingerprint density at radius 1 is 1.34 bits per heavy atom. The number of aromatic nitrogens is 3. The Morgan fingerprint density at radius 2 is 2.17 bits per heavy atom. The van der Waals surface area contributed by atoms with Crippen molar-refractivity contribution >= 4 is 11.8 Å². The predicted molar refractivity (Wildman–Crippen MR) is 109 cm³/mol. The summed E-state index contributed by atoms with van der Waals surface area (Å²) in [6, 6.07) is 7.60. The second-order valence-corrected chi connectivity index (χ2v) is 7.85. The van der Waals surface area contributed by atoms with E-state index in [0.29, 0.717) is 31.1 Å². The molecule has 8 heteroatoms. The summed E-state index contributed by atoms with van der Waals surface area (Å²) >= 11 is 0. The molecule has 1 N–H and O–H groups in total. The molecule has 1 aromatic heterocycles. The minimum absolute atomic E-state index is 0.0251. The van der Waals surface area contributed by atoms with Gasteiger partial charge < -0.3 is 15.0 Å². The van der Waals surface area contributed by atoms with E-state index in [9.17, 15) is 9.59 Å². The van der Waals surface area contributed by atoms with E-state index in [0.717, 1.165) is 30.7 Å². The molecule has 0 spiro atoms. The summed E-state index contributed by atoms with van der Waals surface area (Å²) in [6.07, 6.45) is 3.81. The quantitative estimate of drug-likeness (QED) is 0.770. The van der Waals surface area contributed by atoms with Crippen LogP contribution < -0.4 is 10.1 Å². The molecular formula is C21H29N5O3. The lowest BCUT2D eigenvalue weighted by atomic mass is 10.0. The SMILES string of the molecule is COc1cccc(CC(=O)N2CCC[C@@H](n3cc(C(=O)NCC(C)C)nn3)C2)c1. The number of hydrogen-bond acceptors (Lipinski definition) is 5. The summed E-state index contributed by atoms with van der Waals surface area (Å²) < 4.78 is 6.95. The van der Waals surface area contributed by atoms with Gasteiger partial charge >= 0.3 is 0 Å². The predicted octanol–water partition coefficient (Wildman–Crippen LogP) is 2.08.